The second kappa shape index (κ2) is 19.1. The molecule has 1 heterocycles. The van der Waals surface area contributed by atoms with Gasteiger partial charge in [-0.2, -0.15) is 0 Å². The molecule has 8 nitrogen and oxygen atoms in total. The molecule has 0 bridgehead atoms. The lowest BCUT2D eigenvalue weighted by Crippen LogP contribution is -2.39. The minimum Gasteiger partial charge on any atom is -0.481 e. The largest absolute Gasteiger partial charge is 0.481 e. The summed E-state index contributed by atoms with van der Waals surface area (Å²) in [6.45, 7) is 17.4. The first kappa shape index (κ1) is 40.4. The molecule has 1 aliphatic heterocycles. The summed E-state index contributed by atoms with van der Waals surface area (Å²) in [6.07, 6.45) is 7.57. The number of aliphatic hydroxyl groups excluding tert-OH is 3. The number of carboxylic acids is 1. The number of hydrogen-bond donors (Lipinski definition) is 4. The van der Waals surface area contributed by atoms with Gasteiger partial charge in [0.15, 0.2) is 0 Å². The zero-order valence-electron chi connectivity index (χ0n) is 29.0. The second-order valence-corrected chi connectivity index (χ2v) is 14.8. The Balaban J connectivity index is 2.43. The van der Waals surface area contributed by atoms with Gasteiger partial charge in [-0.1, -0.05) is 60.6 Å². The lowest BCUT2D eigenvalue weighted by atomic mass is 9.83. The molecular weight excluding hydrogens is 560 g/mol. The Morgan fingerprint density at radius 3 is 1.95 bits per heavy atom. The number of aliphatic carboxylic acids is 1. The average Bonchev–Trinajstić information content (AvgIpc) is 3.32. The lowest BCUT2D eigenvalue weighted by Gasteiger charge is -2.31. The van der Waals surface area contributed by atoms with Gasteiger partial charge >= 0.3 is 5.97 Å². The maximum atomic E-state index is 12.8. The van der Waals surface area contributed by atoms with E-state index in [0.717, 1.165) is 25.7 Å². The van der Waals surface area contributed by atoms with Crippen LogP contribution in [0.15, 0.2) is 12.2 Å². The van der Waals surface area contributed by atoms with E-state index in [1.54, 1.807) is 6.92 Å². The number of rotatable bonds is 22. The van der Waals surface area contributed by atoms with Crippen LogP contribution in [0.3, 0.4) is 0 Å². The Labute approximate surface area is 267 Å². The molecule has 0 spiro atoms. The van der Waals surface area contributed by atoms with E-state index in [9.17, 15) is 29.7 Å². The zero-order valence-corrected chi connectivity index (χ0v) is 29.0. The smallest absolute Gasteiger partial charge is 0.303 e. The van der Waals surface area contributed by atoms with Gasteiger partial charge in [0.1, 0.15) is 11.6 Å². The summed E-state index contributed by atoms with van der Waals surface area (Å²) in [6, 6.07) is 0. The van der Waals surface area contributed by atoms with Crippen molar-refractivity contribution in [3.05, 3.63) is 12.2 Å². The lowest BCUT2D eigenvalue weighted by molar-refractivity contribution is -0.137. The molecule has 12 atom stereocenters. The van der Waals surface area contributed by atoms with Gasteiger partial charge in [-0.05, 0) is 83.0 Å². The van der Waals surface area contributed by atoms with Crippen molar-refractivity contribution in [3.63, 3.8) is 0 Å². The molecule has 1 saturated heterocycles. The summed E-state index contributed by atoms with van der Waals surface area (Å²) < 4.78 is 6.02. The molecule has 8 heteroatoms. The molecule has 44 heavy (non-hydrogen) atoms. The number of Topliss-reactive ketones (excluding diaryl/α,β-unsaturated/α-hetero) is 2. The molecule has 256 valence electrons. The minimum absolute atomic E-state index is 0.0185. The molecule has 0 aromatic heterocycles. The minimum atomic E-state index is -0.783. The summed E-state index contributed by atoms with van der Waals surface area (Å²) in [5, 5.41) is 40.5. The Hall–Kier alpha value is -1.61. The fourth-order valence-electron chi connectivity index (χ4n) is 6.61. The fraction of sp³-hybridized carbons (Fsp3) is 0.861. The van der Waals surface area contributed by atoms with E-state index in [1.165, 1.54) is 0 Å². The highest BCUT2D eigenvalue weighted by molar-refractivity contribution is 6.00. The third-order valence-electron chi connectivity index (χ3n) is 10.1. The van der Waals surface area contributed by atoms with Gasteiger partial charge in [0.25, 0.3) is 0 Å². The molecule has 0 unspecified atom stereocenters. The van der Waals surface area contributed by atoms with Gasteiger partial charge in [0, 0.05) is 30.1 Å². The zero-order chi connectivity index (χ0) is 33.8. The third kappa shape index (κ3) is 14.2. The van der Waals surface area contributed by atoms with Crippen LogP contribution in [0, 0.1) is 41.4 Å². The molecule has 1 aliphatic rings. The van der Waals surface area contributed by atoms with Gasteiger partial charge in [-0.25, -0.2) is 0 Å². The van der Waals surface area contributed by atoms with Crippen LogP contribution in [-0.4, -0.2) is 68.0 Å². The van der Waals surface area contributed by atoms with Crippen molar-refractivity contribution in [3.8, 4) is 0 Å². The first-order valence-electron chi connectivity index (χ1n) is 17.0. The molecule has 0 aromatic rings. The van der Waals surface area contributed by atoms with Crippen molar-refractivity contribution in [2.75, 3.05) is 0 Å². The van der Waals surface area contributed by atoms with E-state index in [2.05, 4.69) is 13.8 Å². The quantitative estimate of drug-likeness (QED) is 0.0803. The molecule has 0 amide bonds. The van der Waals surface area contributed by atoms with Crippen molar-refractivity contribution in [2.24, 2.45) is 41.4 Å². The number of ketones is 2. The van der Waals surface area contributed by atoms with E-state index >= 15 is 0 Å². The van der Waals surface area contributed by atoms with E-state index in [-0.39, 0.29) is 71.9 Å². The van der Waals surface area contributed by atoms with Crippen LogP contribution in [0.4, 0.5) is 0 Å². The summed E-state index contributed by atoms with van der Waals surface area (Å²) in [4.78, 5) is 36.4. The Kier molecular flexibility index (Phi) is 17.6. The van der Waals surface area contributed by atoms with E-state index in [0.29, 0.717) is 25.7 Å². The van der Waals surface area contributed by atoms with Crippen LogP contribution in [0.2, 0.25) is 0 Å². The van der Waals surface area contributed by atoms with Gasteiger partial charge in [-0.15, -0.1) is 0 Å². The number of ether oxygens (including phenoxy) is 1. The predicted molar refractivity (Wildman–Crippen MR) is 174 cm³/mol. The average molecular weight is 625 g/mol. The van der Waals surface area contributed by atoms with Crippen LogP contribution in [0.1, 0.15) is 127 Å². The fourth-order valence-corrected chi connectivity index (χ4v) is 6.61. The molecule has 0 radical (unpaired) electrons. The number of carbonyl (C=O) groups excluding carboxylic acids is 2. The number of carboxylic acid groups (broad SMARTS) is 1. The Morgan fingerprint density at radius 1 is 0.864 bits per heavy atom. The Bertz CT molecular complexity index is 916. The summed E-state index contributed by atoms with van der Waals surface area (Å²) in [5.41, 5.74) is -0.584. The predicted octanol–water partition coefficient (Wildman–Crippen LogP) is 6.38. The summed E-state index contributed by atoms with van der Waals surface area (Å²) in [7, 11) is 0. The number of allylic oxidation sites excluding steroid dienone is 1. The topological polar surface area (TPSA) is 141 Å². The van der Waals surface area contributed by atoms with Gasteiger partial charge in [0.05, 0.1) is 36.4 Å². The van der Waals surface area contributed by atoms with Crippen LogP contribution < -0.4 is 0 Å². The van der Waals surface area contributed by atoms with E-state index in [1.807, 2.05) is 53.7 Å². The van der Waals surface area contributed by atoms with Crippen molar-refractivity contribution in [2.45, 2.75) is 157 Å². The molecule has 1 fully saturated rings. The first-order valence-corrected chi connectivity index (χ1v) is 17.0. The number of carbonyl (C=O) groups is 3. The first-order chi connectivity index (χ1) is 20.4. The van der Waals surface area contributed by atoms with Gasteiger partial charge in [-0.3, -0.25) is 14.4 Å². The third-order valence-corrected chi connectivity index (χ3v) is 10.1. The van der Waals surface area contributed by atoms with E-state index < -0.39 is 29.9 Å². The molecular formula is C36H64O8. The molecule has 0 saturated carbocycles. The molecule has 1 rings (SSSR count). The number of hydrogen-bond acceptors (Lipinski definition) is 7. The van der Waals surface area contributed by atoms with Crippen molar-refractivity contribution < 1.29 is 39.5 Å². The standard InChI is InChI=1S/C36H64O8/c1-22(18-26(5)31(38)21-32(39)27(6)19-24(3)17-23(2)13-14-34(41)42)11-10-12-25(4)35(43)28(7)33(40)20-30-15-16-36(9,44-30)29(8)37/h10,12,22-30,33,35,37,40,43H,11,13-21H2,1-9H3,(H,41,42)/t22-,23+,24+,25-,26-,27+,28+,29-,30-,33+,35-,36+/m1/s1. The Morgan fingerprint density at radius 2 is 1.43 bits per heavy atom. The van der Waals surface area contributed by atoms with Crippen molar-refractivity contribution in [1.29, 1.82) is 0 Å². The highest BCUT2D eigenvalue weighted by Gasteiger charge is 2.41. The van der Waals surface area contributed by atoms with Crippen molar-refractivity contribution in [1.82, 2.24) is 0 Å². The monoisotopic (exact) mass is 624 g/mol. The second-order valence-electron chi connectivity index (χ2n) is 14.8. The highest BCUT2D eigenvalue weighted by atomic mass is 16.5. The van der Waals surface area contributed by atoms with Crippen LogP contribution in [-0.2, 0) is 19.1 Å². The van der Waals surface area contributed by atoms with Crippen LogP contribution in [0.5, 0.6) is 0 Å². The highest BCUT2D eigenvalue weighted by Crippen LogP contribution is 2.36. The summed E-state index contributed by atoms with van der Waals surface area (Å²) in [5.74, 6) is -0.914. The van der Waals surface area contributed by atoms with Gasteiger partial charge < -0.3 is 25.2 Å². The van der Waals surface area contributed by atoms with Gasteiger partial charge in [0.2, 0.25) is 0 Å². The van der Waals surface area contributed by atoms with Crippen LogP contribution >= 0.6 is 0 Å². The number of aliphatic hydroxyl groups is 3. The normalized spacial score (nSPS) is 25.9. The maximum absolute atomic E-state index is 12.8. The summed E-state index contributed by atoms with van der Waals surface area (Å²) >= 11 is 0. The molecule has 4 N–H and O–H groups in total. The molecule has 0 aromatic carbocycles. The van der Waals surface area contributed by atoms with E-state index in [4.69, 9.17) is 9.84 Å². The van der Waals surface area contributed by atoms with Crippen LogP contribution in [0.25, 0.3) is 0 Å². The maximum Gasteiger partial charge on any atom is 0.303 e. The van der Waals surface area contributed by atoms with Crippen molar-refractivity contribution >= 4 is 17.5 Å². The molecule has 0 aliphatic carbocycles. The SMILES string of the molecule is C[C@H](CC=C[C@@H](C)[C@@H](O)[C@@H](C)[C@@H](O)C[C@H]1CC[C@@](C)([C@@H](C)O)O1)C[C@@H](C)C(=O)CC(=O)[C@@H](C)C[C@@H](C)C[C@@H](C)CCC(=O)O.